The maximum Gasteiger partial charge on any atom is 0.138 e. The van der Waals surface area contributed by atoms with Crippen LogP contribution in [-0.4, -0.2) is 30.6 Å². The molecule has 5 nitrogen and oxygen atoms in total. The van der Waals surface area contributed by atoms with Crippen molar-refractivity contribution in [2.75, 3.05) is 30.9 Å². The first-order valence-corrected chi connectivity index (χ1v) is 8.83. The van der Waals surface area contributed by atoms with E-state index in [2.05, 4.69) is 56.8 Å². The molecule has 0 aliphatic heterocycles. The molecule has 1 unspecified atom stereocenters. The van der Waals surface area contributed by atoms with Crippen molar-refractivity contribution >= 4 is 33.1 Å². The van der Waals surface area contributed by atoms with Crippen LogP contribution in [0.15, 0.2) is 29.6 Å². The van der Waals surface area contributed by atoms with Gasteiger partial charge in [-0.3, -0.25) is 0 Å². The molecule has 6 heteroatoms. The minimum Gasteiger partial charge on any atom is -0.378 e. The molecule has 126 valence electrons. The molecule has 0 spiro atoms. The predicted molar refractivity (Wildman–Crippen MR) is 103 cm³/mol. The van der Waals surface area contributed by atoms with E-state index in [1.165, 1.54) is 11.3 Å². The first-order chi connectivity index (χ1) is 11.5. The zero-order valence-electron chi connectivity index (χ0n) is 14.5. The minimum absolute atomic E-state index is 0.0922. The average Bonchev–Trinajstić information content (AvgIpc) is 2.93. The van der Waals surface area contributed by atoms with E-state index < -0.39 is 0 Å². The quantitative estimate of drug-likeness (QED) is 0.743. The van der Waals surface area contributed by atoms with Crippen LogP contribution in [0.2, 0.25) is 0 Å². The van der Waals surface area contributed by atoms with Crippen molar-refractivity contribution in [1.82, 2.24) is 9.97 Å². The zero-order chi connectivity index (χ0) is 17.3. The summed E-state index contributed by atoms with van der Waals surface area (Å²) in [5, 5.41) is 6.62. The van der Waals surface area contributed by atoms with Gasteiger partial charge in [0, 0.05) is 32.4 Å². The Morgan fingerprint density at radius 1 is 1.17 bits per heavy atom. The molecule has 2 heterocycles. The Balaban J connectivity index is 1.77. The van der Waals surface area contributed by atoms with Crippen LogP contribution in [0.5, 0.6) is 0 Å². The van der Waals surface area contributed by atoms with Gasteiger partial charge in [0.1, 0.15) is 16.5 Å². The first kappa shape index (κ1) is 16.7. The van der Waals surface area contributed by atoms with E-state index >= 15 is 0 Å². The van der Waals surface area contributed by atoms with E-state index in [4.69, 9.17) is 5.73 Å². The Bertz CT molecular complexity index is 838. The second-order valence-corrected chi connectivity index (χ2v) is 7.05. The fraction of sp³-hybridized carbons (Fsp3) is 0.333. The number of nitrogens with two attached hydrogens (primary N) is 1. The summed E-state index contributed by atoms with van der Waals surface area (Å²) < 4.78 is 0. The molecule has 0 saturated heterocycles. The number of anilines is 2. The topological polar surface area (TPSA) is 67.1 Å². The summed E-state index contributed by atoms with van der Waals surface area (Å²) in [6, 6.07) is 8.25. The van der Waals surface area contributed by atoms with Crippen molar-refractivity contribution in [1.29, 1.82) is 0 Å². The van der Waals surface area contributed by atoms with Gasteiger partial charge in [-0.15, -0.1) is 11.3 Å². The largest absolute Gasteiger partial charge is 0.378 e. The SMILES string of the molecule is Cc1nc(NCC(N)c2ccc(N(C)C)cc2)c2c(C)csc2n1. The van der Waals surface area contributed by atoms with Gasteiger partial charge in [-0.25, -0.2) is 9.97 Å². The van der Waals surface area contributed by atoms with Gasteiger partial charge in [-0.2, -0.15) is 0 Å². The molecule has 24 heavy (non-hydrogen) atoms. The van der Waals surface area contributed by atoms with Crippen LogP contribution in [0, 0.1) is 13.8 Å². The Hall–Kier alpha value is -2.18. The maximum atomic E-state index is 6.35. The van der Waals surface area contributed by atoms with E-state index in [0.29, 0.717) is 6.54 Å². The van der Waals surface area contributed by atoms with Gasteiger partial charge < -0.3 is 16.0 Å². The van der Waals surface area contributed by atoms with Crippen molar-refractivity contribution in [3.05, 3.63) is 46.6 Å². The smallest absolute Gasteiger partial charge is 0.138 e. The van der Waals surface area contributed by atoms with Gasteiger partial charge in [0.15, 0.2) is 0 Å². The first-order valence-electron chi connectivity index (χ1n) is 7.95. The number of aromatic nitrogens is 2. The fourth-order valence-electron chi connectivity index (χ4n) is 2.66. The van der Waals surface area contributed by atoms with E-state index in [9.17, 15) is 0 Å². The van der Waals surface area contributed by atoms with Crippen LogP contribution < -0.4 is 16.0 Å². The van der Waals surface area contributed by atoms with E-state index in [1.807, 2.05) is 21.0 Å². The molecule has 0 aliphatic rings. The van der Waals surface area contributed by atoms with E-state index in [-0.39, 0.29) is 6.04 Å². The third kappa shape index (κ3) is 3.34. The molecule has 1 atom stereocenters. The highest BCUT2D eigenvalue weighted by Gasteiger charge is 2.12. The third-order valence-electron chi connectivity index (χ3n) is 4.06. The van der Waals surface area contributed by atoms with Gasteiger partial charge in [-0.1, -0.05) is 12.1 Å². The van der Waals surface area contributed by atoms with Crippen molar-refractivity contribution in [3.8, 4) is 0 Å². The molecule has 0 radical (unpaired) electrons. The molecular weight excluding hydrogens is 318 g/mol. The Labute approximate surface area is 146 Å². The number of benzene rings is 1. The molecule has 3 aromatic rings. The molecule has 0 amide bonds. The normalized spacial score (nSPS) is 12.4. The highest BCUT2D eigenvalue weighted by atomic mass is 32.1. The number of nitrogens with zero attached hydrogens (tertiary/aromatic N) is 3. The van der Waals surface area contributed by atoms with Crippen LogP contribution in [0.3, 0.4) is 0 Å². The van der Waals surface area contributed by atoms with Crippen molar-refractivity contribution in [2.24, 2.45) is 5.73 Å². The Kier molecular flexibility index (Phi) is 4.69. The average molecular weight is 341 g/mol. The maximum absolute atomic E-state index is 6.35. The van der Waals surface area contributed by atoms with Crippen molar-refractivity contribution in [3.63, 3.8) is 0 Å². The standard InChI is InChI=1S/C18H23N5S/c1-11-10-24-18-16(11)17(21-12(2)22-18)20-9-15(19)13-5-7-14(8-6-13)23(3)4/h5-8,10,15H,9,19H2,1-4H3,(H,20,21,22). The van der Waals surface area contributed by atoms with Crippen LogP contribution in [-0.2, 0) is 0 Å². The molecular formula is C18H23N5S. The number of nitrogens with one attached hydrogen (secondary N) is 1. The van der Waals surface area contributed by atoms with E-state index in [0.717, 1.165) is 27.4 Å². The van der Waals surface area contributed by atoms with Gasteiger partial charge >= 0.3 is 0 Å². The summed E-state index contributed by atoms with van der Waals surface area (Å²) >= 11 is 1.65. The summed E-state index contributed by atoms with van der Waals surface area (Å²) in [6.45, 7) is 4.63. The molecule has 0 fully saturated rings. The lowest BCUT2D eigenvalue weighted by Crippen LogP contribution is -2.21. The lowest BCUT2D eigenvalue weighted by molar-refractivity contribution is 0.761. The second-order valence-electron chi connectivity index (χ2n) is 6.19. The molecule has 2 aromatic heterocycles. The monoisotopic (exact) mass is 341 g/mol. The number of thiophene rings is 1. The van der Waals surface area contributed by atoms with Crippen molar-refractivity contribution in [2.45, 2.75) is 19.9 Å². The number of fused-ring (bicyclic) bond motifs is 1. The number of rotatable bonds is 5. The lowest BCUT2D eigenvalue weighted by atomic mass is 10.1. The van der Waals surface area contributed by atoms with E-state index in [1.54, 1.807) is 11.3 Å². The summed E-state index contributed by atoms with van der Waals surface area (Å²) in [4.78, 5) is 12.2. The third-order valence-corrected chi connectivity index (χ3v) is 5.05. The van der Waals surface area contributed by atoms with Crippen LogP contribution >= 0.6 is 11.3 Å². The van der Waals surface area contributed by atoms with Gasteiger partial charge in [-0.05, 0) is 42.5 Å². The summed E-state index contributed by atoms with van der Waals surface area (Å²) in [7, 11) is 4.06. The summed E-state index contributed by atoms with van der Waals surface area (Å²) in [6.07, 6.45) is 0. The van der Waals surface area contributed by atoms with Gasteiger partial charge in [0.25, 0.3) is 0 Å². The molecule has 0 aliphatic carbocycles. The van der Waals surface area contributed by atoms with Crippen molar-refractivity contribution < 1.29 is 0 Å². The van der Waals surface area contributed by atoms with Gasteiger partial charge in [0.2, 0.25) is 0 Å². The zero-order valence-corrected chi connectivity index (χ0v) is 15.3. The van der Waals surface area contributed by atoms with Crippen LogP contribution in [0.1, 0.15) is 23.0 Å². The minimum atomic E-state index is -0.0922. The van der Waals surface area contributed by atoms with Crippen LogP contribution in [0.4, 0.5) is 11.5 Å². The molecule has 1 aromatic carbocycles. The molecule has 3 N–H and O–H groups in total. The lowest BCUT2D eigenvalue weighted by Gasteiger charge is -2.17. The molecule has 0 saturated carbocycles. The predicted octanol–water partition coefficient (Wildman–Crippen LogP) is 3.49. The molecule has 3 rings (SSSR count). The van der Waals surface area contributed by atoms with Crippen LogP contribution in [0.25, 0.3) is 10.2 Å². The number of aryl methyl sites for hydroxylation is 2. The summed E-state index contributed by atoms with van der Waals surface area (Å²) in [5.74, 6) is 1.65. The highest BCUT2D eigenvalue weighted by Crippen LogP contribution is 2.29. The van der Waals surface area contributed by atoms with Gasteiger partial charge in [0.05, 0.1) is 5.39 Å². The number of hydrogen-bond acceptors (Lipinski definition) is 6. The highest BCUT2D eigenvalue weighted by molar-refractivity contribution is 7.17. The Morgan fingerprint density at radius 2 is 1.88 bits per heavy atom. The second kappa shape index (κ2) is 6.75. The fourth-order valence-corrected chi connectivity index (χ4v) is 3.63. The molecule has 0 bridgehead atoms. The Morgan fingerprint density at radius 3 is 2.54 bits per heavy atom. The number of hydrogen-bond donors (Lipinski definition) is 2. The summed E-state index contributed by atoms with van der Waals surface area (Å²) in [5.41, 5.74) is 9.82.